The first-order valence-corrected chi connectivity index (χ1v) is 10.0. The van der Waals surface area contributed by atoms with Crippen molar-refractivity contribution in [1.29, 1.82) is 0 Å². The highest BCUT2D eigenvalue weighted by molar-refractivity contribution is 14.0. The number of guanidine groups is 1. The third-order valence-electron chi connectivity index (χ3n) is 4.60. The van der Waals surface area contributed by atoms with E-state index < -0.39 is 0 Å². The van der Waals surface area contributed by atoms with E-state index >= 15 is 0 Å². The first kappa shape index (κ1) is 23.2. The molecule has 1 aromatic heterocycles. The van der Waals surface area contributed by atoms with Crippen LogP contribution in [-0.2, 0) is 10.2 Å². The second-order valence-electron chi connectivity index (χ2n) is 7.90. The lowest BCUT2D eigenvalue weighted by atomic mass is 9.73. The number of halogens is 1. The molecular weight excluding hydrogens is 459 g/mol. The lowest BCUT2D eigenvalue weighted by molar-refractivity contribution is -0.121. The molecule has 0 radical (unpaired) electrons. The summed E-state index contributed by atoms with van der Waals surface area (Å²) in [6.45, 7) is 7.01. The van der Waals surface area contributed by atoms with Gasteiger partial charge in [0.1, 0.15) is 0 Å². The Morgan fingerprint density at radius 2 is 1.92 bits per heavy atom. The zero-order valence-corrected chi connectivity index (χ0v) is 19.5. The summed E-state index contributed by atoms with van der Waals surface area (Å²) in [4.78, 5) is 17.7. The molecule has 1 aliphatic rings. The summed E-state index contributed by atoms with van der Waals surface area (Å²) in [5.41, 5.74) is -0.0290. The Bertz CT molecular complexity index is 575. The molecule has 0 aliphatic heterocycles. The number of thiophene rings is 1. The number of nitrogens with one attached hydrogen (secondary N) is 3. The van der Waals surface area contributed by atoms with Gasteiger partial charge in [0.05, 0.1) is 6.54 Å². The Hall–Kier alpha value is -0.830. The molecule has 5 nitrogen and oxygen atoms in total. The number of aliphatic imine (C=N–C) groups is 1. The number of nitrogens with zero attached hydrogens (tertiary/aromatic N) is 1. The maximum atomic E-state index is 12.0. The minimum absolute atomic E-state index is 0. The zero-order chi connectivity index (χ0) is 18.3. The lowest BCUT2D eigenvalue weighted by Crippen LogP contribution is -2.50. The van der Waals surface area contributed by atoms with Crippen LogP contribution in [-0.4, -0.2) is 37.5 Å². The van der Waals surface area contributed by atoms with Gasteiger partial charge in [-0.2, -0.15) is 0 Å². The molecule has 2 rings (SSSR count). The van der Waals surface area contributed by atoms with Gasteiger partial charge in [0, 0.05) is 29.4 Å². The molecule has 1 fully saturated rings. The minimum atomic E-state index is -0.221. The van der Waals surface area contributed by atoms with Crippen LogP contribution in [0.4, 0.5) is 0 Å². The van der Waals surface area contributed by atoms with Crippen LogP contribution >= 0.6 is 35.3 Å². The van der Waals surface area contributed by atoms with Crippen molar-refractivity contribution in [2.75, 3.05) is 20.1 Å². The molecule has 148 valence electrons. The van der Waals surface area contributed by atoms with Gasteiger partial charge in [-0.05, 0) is 45.1 Å². The second kappa shape index (κ2) is 10.5. The molecule has 7 heteroatoms. The maximum absolute atomic E-state index is 12.0. The molecule has 0 unspecified atom stereocenters. The molecule has 0 atom stereocenters. The van der Waals surface area contributed by atoms with E-state index in [0.29, 0.717) is 5.96 Å². The summed E-state index contributed by atoms with van der Waals surface area (Å²) in [6.07, 6.45) is 6.30. The van der Waals surface area contributed by atoms with E-state index in [4.69, 9.17) is 0 Å². The fourth-order valence-electron chi connectivity index (χ4n) is 3.42. The first-order chi connectivity index (χ1) is 11.8. The summed E-state index contributed by atoms with van der Waals surface area (Å²) in [7, 11) is 1.75. The van der Waals surface area contributed by atoms with Gasteiger partial charge in [0.2, 0.25) is 5.91 Å². The second-order valence-corrected chi connectivity index (χ2v) is 8.84. The number of amides is 1. The first-order valence-electron chi connectivity index (χ1n) is 9.14. The Morgan fingerprint density at radius 3 is 2.46 bits per heavy atom. The third kappa shape index (κ3) is 7.06. The van der Waals surface area contributed by atoms with Gasteiger partial charge in [0.25, 0.3) is 0 Å². The van der Waals surface area contributed by atoms with Gasteiger partial charge in [0.15, 0.2) is 5.96 Å². The van der Waals surface area contributed by atoms with Gasteiger partial charge < -0.3 is 16.0 Å². The van der Waals surface area contributed by atoms with E-state index in [0.717, 1.165) is 6.54 Å². The highest BCUT2D eigenvalue weighted by Gasteiger charge is 2.34. The van der Waals surface area contributed by atoms with Crippen LogP contribution in [0, 0.1) is 0 Å². The van der Waals surface area contributed by atoms with Crippen molar-refractivity contribution in [2.24, 2.45) is 4.99 Å². The van der Waals surface area contributed by atoms with Crippen molar-refractivity contribution in [3.05, 3.63) is 22.4 Å². The molecular formula is C19H33IN4OS. The number of carbonyl (C=O) groups excluding carboxylic acids is 1. The molecule has 1 saturated carbocycles. The topological polar surface area (TPSA) is 65.5 Å². The highest BCUT2D eigenvalue weighted by Crippen LogP contribution is 2.41. The van der Waals surface area contributed by atoms with Crippen LogP contribution in [0.2, 0.25) is 0 Å². The average Bonchev–Trinajstić information content (AvgIpc) is 3.09. The molecule has 26 heavy (non-hydrogen) atoms. The van der Waals surface area contributed by atoms with E-state index in [2.05, 4.69) is 38.5 Å². The number of carbonyl (C=O) groups is 1. The fraction of sp³-hybridized carbons (Fsp3) is 0.684. The van der Waals surface area contributed by atoms with E-state index in [1.165, 1.54) is 37.0 Å². The van der Waals surface area contributed by atoms with Gasteiger partial charge in [-0.25, -0.2) is 0 Å². The maximum Gasteiger partial charge on any atom is 0.239 e. The Balaban J connectivity index is 0.00000338. The minimum Gasteiger partial charge on any atom is -0.355 e. The van der Waals surface area contributed by atoms with Crippen molar-refractivity contribution in [1.82, 2.24) is 16.0 Å². The summed E-state index contributed by atoms with van der Waals surface area (Å²) in [5, 5.41) is 11.7. The van der Waals surface area contributed by atoms with Crippen LogP contribution in [0.3, 0.4) is 0 Å². The monoisotopic (exact) mass is 492 g/mol. The van der Waals surface area contributed by atoms with E-state index in [1.807, 2.05) is 32.1 Å². The quantitative estimate of drug-likeness (QED) is 0.334. The molecule has 0 saturated heterocycles. The third-order valence-corrected chi connectivity index (χ3v) is 5.72. The van der Waals surface area contributed by atoms with Crippen LogP contribution in [0.1, 0.15) is 57.8 Å². The Kier molecular flexibility index (Phi) is 9.36. The Morgan fingerprint density at radius 1 is 1.23 bits per heavy atom. The normalized spacial score (nSPS) is 17.2. The predicted octanol–water partition coefficient (Wildman–Crippen LogP) is 3.65. The Labute approximate surface area is 178 Å². The standard InChI is InChI=1S/C19H32N4OS.HI/c1-18(2,3)23-16(24)13-21-17(20-4)22-14-19(10-6-5-7-11-19)15-9-8-12-25-15;/h8-9,12H,5-7,10-11,13-14H2,1-4H3,(H,23,24)(H2,20,21,22);1H. The van der Waals surface area contributed by atoms with E-state index in [1.54, 1.807) is 7.05 Å². The molecule has 1 aromatic rings. The number of hydrogen-bond acceptors (Lipinski definition) is 3. The van der Waals surface area contributed by atoms with Crippen molar-refractivity contribution in [3.8, 4) is 0 Å². The molecule has 1 heterocycles. The van der Waals surface area contributed by atoms with Crippen LogP contribution < -0.4 is 16.0 Å². The van der Waals surface area contributed by atoms with Gasteiger partial charge in [-0.1, -0.05) is 25.3 Å². The van der Waals surface area contributed by atoms with Crippen molar-refractivity contribution in [3.63, 3.8) is 0 Å². The van der Waals surface area contributed by atoms with E-state index in [-0.39, 0.29) is 47.4 Å². The molecule has 1 amide bonds. The van der Waals surface area contributed by atoms with Gasteiger partial charge in [-0.15, -0.1) is 35.3 Å². The van der Waals surface area contributed by atoms with Gasteiger partial charge in [-0.3, -0.25) is 9.79 Å². The molecule has 3 N–H and O–H groups in total. The van der Waals surface area contributed by atoms with Crippen molar-refractivity contribution in [2.45, 2.75) is 63.8 Å². The summed E-state index contributed by atoms with van der Waals surface area (Å²) < 4.78 is 0. The SMILES string of the molecule is CN=C(NCC(=O)NC(C)(C)C)NCC1(c2cccs2)CCCCC1.I. The zero-order valence-electron chi connectivity index (χ0n) is 16.4. The molecule has 0 aromatic carbocycles. The van der Waals surface area contributed by atoms with Gasteiger partial charge >= 0.3 is 0 Å². The summed E-state index contributed by atoms with van der Waals surface area (Å²) >= 11 is 1.85. The fourth-order valence-corrected chi connectivity index (χ4v) is 4.41. The average molecular weight is 492 g/mol. The summed E-state index contributed by atoms with van der Waals surface area (Å²) in [5.74, 6) is 0.659. The lowest BCUT2D eigenvalue weighted by Gasteiger charge is -2.37. The highest BCUT2D eigenvalue weighted by atomic mass is 127. The molecule has 0 spiro atoms. The van der Waals surface area contributed by atoms with Crippen LogP contribution in [0.25, 0.3) is 0 Å². The predicted molar refractivity (Wildman–Crippen MR) is 122 cm³/mol. The largest absolute Gasteiger partial charge is 0.355 e. The smallest absolute Gasteiger partial charge is 0.239 e. The summed E-state index contributed by atoms with van der Waals surface area (Å²) in [6, 6.07) is 4.39. The number of hydrogen-bond donors (Lipinski definition) is 3. The van der Waals surface area contributed by atoms with Crippen molar-refractivity contribution >= 4 is 47.2 Å². The van der Waals surface area contributed by atoms with E-state index in [9.17, 15) is 4.79 Å². The van der Waals surface area contributed by atoms with Crippen LogP contribution in [0.15, 0.2) is 22.5 Å². The molecule has 0 bridgehead atoms. The van der Waals surface area contributed by atoms with Crippen LogP contribution in [0.5, 0.6) is 0 Å². The molecule has 1 aliphatic carbocycles. The number of rotatable bonds is 5. The van der Waals surface area contributed by atoms with Crippen molar-refractivity contribution < 1.29 is 4.79 Å².